The normalized spacial score (nSPS) is 11.5. The van der Waals surface area contributed by atoms with Gasteiger partial charge in [-0.25, -0.2) is 4.98 Å². The van der Waals surface area contributed by atoms with E-state index in [9.17, 15) is 0 Å². The van der Waals surface area contributed by atoms with E-state index in [1.807, 2.05) is 80.6 Å². The molecule has 5 aromatic rings. The Hall–Kier alpha value is -4.12. The summed E-state index contributed by atoms with van der Waals surface area (Å²) in [5.74, 6) is 0. The Morgan fingerprint density at radius 2 is 1.23 bits per heavy atom. The number of hydrogen-bond donors (Lipinski definition) is 1. The highest BCUT2D eigenvalue weighted by molar-refractivity contribution is 5.82. The Morgan fingerprint density at radius 3 is 1.94 bits per heavy atom. The molecule has 0 saturated heterocycles. The molecular formula is C26H22N5+. The smallest absolute Gasteiger partial charge is 0.239 e. The fourth-order valence-corrected chi connectivity index (χ4v) is 3.80. The maximum Gasteiger partial charge on any atom is 0.239 e. The SMILES string of the molecule is Cc1c(N)ccc(N=Nc2ccccc2-[n+]2c3ccccc3nc3ccccc32)c1C. The van der Waals surface area contributed by atoms with Crippen LogP contribution in [-0.4, -0.2) is 4.98 Å². The molecular weight excluding hydrogens is 382 g/mol. The molecule has 31 heavy (non-hydrogen) atoms. The summed E-state index contributed by atoms with van der Waals surface area (Å²) in [6.45, 7) is 4.02. The van der Waals surface area contributed by atoms with E-state index < -0.39 is 0 Å². The van der Waals surface area contributed by atoms with Gasteiger partial charge in [0.2, 0.25) is 16.7 Å². The third kappa shape index (κ3) is 3.30. The van der Waals surface area contributed by atoms with Gasteiger partial charge in [-0.3, -0.25) is 0 Å². The van der Waals surface area contributed by atoms with Crippen molar-refractivity contribution in [1.82, 2.24) is 4.98 Å². The molecule has 1 aromatic heterocycles. The van der Waals surface area contributed by atoms with Crippen molar-refractivity contribution in [2.45, 2.75) is 13.8 Å². The lowest BCUT2D eigenvalue weighted by atomic mass is 10.1. The molecule has 1 heterocycles. The summed E-state index contributed by atoms with van der Waals surface area (Å²) >= 11 is 0. The van der Waals surface area contributed by atoms with E-state index in [-0.39, 0.29) is 0 Å². The zero-order valence-corrected chi connectivity index (χ0v) is 17.4. The Labute approximate surface area is 180 Å². The third-order valence-electron chi connectivity index (χ3n) is 5.67. The number of aromatic nitrogens is 2. The van der Waals surface area contributed by atoms with Gasteiger partial charge >= 0.3 is 0 Å². The van der Waals surface area contributed by atoms with Crippen LogP contribution < -0.4 is 10.3 Å². The van der Waals surface area contributed by atoms with Crippen LogP contribution in [0.2, 0.25) is 0 Å². The third-order valence-corrected chi connectivity index (χ3v) is 5.67. The molecule has 0 unspecified atom stereocenters. The first-order valence-electron chi connectivity index (χ1n) is 10.2. The first-order valence-corrected chi connectivity index (χ1v) is 10.2. The quantitative estimate of drug-likeness (QED) is 0.166. The summed E-state index contributed by atoms with van der Waals surface area (Å²) in [6.07, 6.45) is 0. The van der Waals surface area contributed by atoms with E-state index in [1.165, 1.54) is 0 Å². The van der Waals surface area contributed by atoms with Crippen molar-refractivity contribution >= 4 is 39.1 Å². The van der Waals surface area contributed by atoms with Crippen molar-refractivity contribution in [2.75, 3.05) is 5.73 Å². The Bertz CT molecular complexity index is 1420. The predicted octanol–water partition coefficient (Wildman–Crippen LogP) is 6.28. The Kier molecular flexibility index (Phi) is 4.64. The summed E-state index contributed by atoms with van der Waals surface area (Å²) in [5.41, 5.74) is 15.3. The van der Waals surface area contributed by atoms with Crippen LogP contribution in [0.25, 0.3) is 27.8 Å². The number of azo groups is 1. The van der Waals surface area contributed by atoms with Gasteiger partial charge in [-0.1, -0.05) is 36.4 Å². The lowest BCUT2D eigenvalue weighted by molar-refractivity contribution is -0.537. The fraction of sp³-hybridized carbons (Fsp3) is 0.0769. The van der Waals surface area contributed by atoms with Crippen LogP contribution in [-0.2, 0) is 0 Å². The maximum atomic E-state index is 6.02. The molecule has 0 aliphatic carbocycles. The van der Waals surface area contributed by atoms with Crippen LogP contribution in [0.15, 0.2) is 95.2 Å². The fourth-order valence-electron chi connectivity index (χ4n) is 3.80. The zero-order chi connectivity index (χ0) is 21.4. The number of rotatable bonds is 3. The Balaban J connectivity index is 1.74. The number of anilines is 1. The van der Waals surface area contributed by atoms with Crippen molar-refractivity contribution < 1.29 is 4.57 Å². The summed E-state index contributed by atoms with van der Waals surface area (Å²) in [7, 11) is 0. The van der Waals surface area contributed by atoms with Gasteiger partial charge in [0, 0.05) is 23.9 Å². The second kappa shape index (κ2) is 7.61. The van der Waals surface area contributed by atoms with E-state index in [4.69, 9.17) is 10.7 Å². The number of hydrogen-bond acceptors (Lipinski definition) is 4. The van der Waals surface area contributed by atoms with Crippen molar-refractivity contribution in [3.8, 4) is 5.69 Å². The van der Waals surface area contributed by atoms with Crippen LogP contribution in [0, 0.1) is 13.8 Å². The minimum absolute atomic E-state index is 0.766. The molecule has 2 N–H and O–H groups in total. The van der Waals surface area contributed by atoms with Gasteiger partial charge in [0.15, 0.2) is 5.69 Å². The second-order valence-electron chi connectivity index (χ2n) is 7.54. The number of benzene rings is 4. The van der Waals surface area contributed by atoms with Gasteiger partial charge in [0.05, 0.1) is 5.69 Å². The highest BCUT2D eigenvalue weighted by atomic mass is 15.1. The molecule has 4 aromatic carbocycles. The molecule has 0 spiro atoms. The molecule has 0 aliphatic rings. The van der Waals surface area contributed by atoms with E-state index in [1.54, 1.807) is 0 Å². The van der Waals surface area contributed by atoms with Crippen LogP contribution >= 0.6 is 0 Å². The van der Waals surface area contributed by atoms with Crippen LogP contribution in [0.4, 0.5) is 17.1 Å². The molecule has 5 rings (SSSR count). The highest BCUT2D eigenvalue weighted by Crippen LogP contribution is 2.29. The lowest BCUT2D eigenvalue weighted by Gasteiger charge is -2.07. The van der Waals surface area contributed by atoms with Gasteiger partial charge in [-0.2, -0.15) is 5.11 Å². The van der Waals surface area contributed by atoms with Crippen LogP contribution in [0.3, 0.4) is 0 Å². The molecule has 0 radical (unpaired) electrons. The number of nitrogens with zero attached hydrogens (tertiary/aromatic N) is 4. The van der Waals surface area contributed by atoms with Gasteiger partial charge < -0.3 is 5.73 Å². The molecule has 0 aliphatic heterocycles. The number of para-hydroxylation sites is 5. The molecule has 0 amide bonds. The topological polar surface area (TPSA) is 67.5 Å². The van der Waals surface area contributed by atoms with Gasteiger partial charge in [0.25, 0.3) is 0 Å². The van der Waals surface area contributed by atoms with E-state index in [0.717, 1.165) is 55.9 Å². The van der Waals surface area contributed by atoms with Crippen molar-refractivity contribution in [2.24, 2.45) is 10.2 Å². The maximum absolute atomic E-state index is 6.02. The molecule has 0 fully saturated rings. The summed E-state index contributed by atoms with van der Waals surface area (Å²) < 4.78 is 2.20. The predicted molar refractivity (Wildman–Crippen MR) is 125 cm³/mol. The molecule has 0 bridgehead atoms. The zero-order valence-electron chi connectivity index (χ0n) is 17.4. The largest absolute Gasteiger partial charge is 0.399 e. The van der Waals surface area contributed by atoms with Crippen LogP contribution in [0.5, 0.6) is 0 Å². The lowest BCUT2D eigenvalue weighted by Crippen LogP contribution is -2.33. The average Bonchev–Trinajstić information content (AvgIpc) is 2.81. The van der Waals surface area contributed by atoms with Crippen LogP contribution in [0.1, 0.15) is 11.1 Å². The Morgan fingerprint density at radius 1 is 0.645 bits per heavy atom. The minimum atomic E-state index is 0.766. The van der Waals surface area contributed by atoms with Crippen molar-refractivity contribution in [3.63, 3.8) is 0 Å². The summed E-state index contributed by atoms with van der Waals surface area (Å²) in [6, 6.07) is 28.1. The summed E-state index contributed by atoms with van der Waals surface area (Å²) in [5, 5.41) is 9.21. The van der Waals surface area contributed by atoms with Gasteiger partial charge in [0.1, 0.15) is 11.0 Å². The average molecular weight is 404 g/mol. The molecule has 5 heteroatoms. The second-order valence-corrected chi connectivity index (χ2v) is 7.54. The number of nitrogens with two attached hydrogens (primary N) is 1. The van der Waals surface area contributed by atoms with Crippen molar-refractivity contribution in [1.29, 1.82) is 0 Å². The first-order chi connectivity index (χ1) is 15.1. The van der Waals surface area contributed by atoms with E-state index >= 15 is 0 Å². The molecule has 5 nitrogen and oxygen atoms in total. The first kappa shape index (κ1) is 18.9. The monoisotopic (exact) mass is 404 g/mol. The van der Waals surface area contributed by atoms with Gasteiger partial charge in [-0.15, -0.1) is 9.68 Å². The highest BCUT2D eigenvalue weighted by Gasteiger charge is 2.21. The van der Waals surface area contributed by atoms with E-state index in [2.05, 4.69) is 33.0 Å². The van der Waals surface area contributed by atoms with E-state index in [0.29, 0.717) is 0 Å². The number of fused-ring (bicyclic) bond motifs is 2. The molecule has 0 saturated carbocycles. The molecule has 0 atom stereocenters. The molecule has 150 valence electrons. The van der Waals surface area contributed by atoms with Crippen molar-refractivity contribution in [3.05, 3.63) is 96.1 Å². The summed E-state index contributed by atoms with van der Waals surface area (Å²) in [4.78, 5) is 4.83. The van der Waals surface area contributed by atoms with Gasteiger partial charge in [-0.05, 0) is 55.3 Å². The standard InChI is InChI=1S/C26H22N5/c1-17-18(2)20(16-15-19(17)27)29-30-23-11-5-8-14-26(23)31-24-12-6-3-9-21(24)28-22-10-4-7-13-25(22)31/h3-16H,27H2,1-2H3/q+1. The number of nitrogen functional groups attached to an aromatic ring is 1. The minimum Gasteiger partial charge on any atom is -0.399 e.